The summed E-state index contributed by atoms with van der Waals surface area (Å²) in [6, 6.07) is 13.0. The Kier molecular flexibility index (Phi) is 6.30. The summed E-state index contributed by atoms with van der Waals surface area (Å²) in [7, 11) is 4.90. The van der Waals surface area contributed by atoms with Crippen molar-refractivity contribution in [3.8, 4) is 17.2 Å². The Morgan fingerprint density at radius 2 is 1.91 bits per heavy atom. The van der Waals surface area contributed by atoms with Gasteiger partial charge in [0.2, 0.25) is 11.8 Å². The van der Waals surface area contributed by atoms with Crippen LogP contribution in [0.3, 0.4) is 0 Å². The highest BCUT2D eigenvalue weighted by Crippen LogP contribution is 2.36. The summed E-state index contributed by atoms with van der Waals surface area (Å²) in [5, 5.41) is 4.13. The maximum atomic E-state index is 13.3. The maximum Gasteiger partial charge on any atom is 0.228 e. The van der Waals surface area contributed by atoms with Gasteiger partial charge >= 0.3 is 0 Å². The molecule has 9 heteroatoms. The zero-order valence-electron chi connectivity index (χ0n) is 19.1. The summed E-state index contributed by atoms with van der Waals surface area (Å²) in [5.41, 5.74) is 2.49. The monoisotopic (exact) mass is 449 g/mol. The van der Waals surface area contributed by atoms with E-state index in [1.165, 1.54) is 6.33 Å². The molecular weight excluding hydrogens is 422 g/mol. The van der Waals surface area contributed by atoms with E-state index < -0.39 is 5.92 Å². The van der Waals surface area contributed by atoms with Gasteiger partial charge in [-0.1, -0.05) is 12.1 Å². The fraction of sp³-hybridized carbons (Fsp3) is 0.333. The molecule has 1 aromatic heterocycles. The molecule has 33 heavy (non-hydrogen) atoms. The average molecular weight is 450 g/mol. The van der Waals surface area contributed by atoms with E-state index in [2.05, 4.69) is 10.1 Å². The van der Waals surface area contributed by atoms with Gasteiger partial charge in [-0.25, -0.2) is 9.67 Å². The van der Waals surface area contributed by atoms with Gasteiger partial charge in [0, 0.05) is 26.1 Å². The Balaban J connectivity index is 1.47. The summed E-state index contributed by atoms with van der Waals surface area (Å²) in [6.07, 6.45) is 3.27. The van der Waals surface area contributed by atoms with Gasteiger partial charge in [0.1, 0.15) is 24.2 Å². The van der Waals surface area contributed by atoms with Crippen LogP contribution in [0.15, 0.2) is 55.1 Å². The minimum atomic E-state index is -0.435. The second kappa shape index (κ2) is 9.32. The van der Waals surface area contributed by atoms with Gasteiger partial charge in [0.25, 0.3) is 0 Å². The lowest BCUT2D eigenvalue weighted by molar-refractivity contribution is -0.136. The number of ether oxygens (including phenoxy) is 2. The molecule has 0 bridgehead atoms. The fourth-order valence-corrected chi connectivity index (χ4v) is 4.06. The number of carbonyl (C=O) groups excluding carboxylic acids is 2. The number of nitrogens with zero attached hydrogens (tertiary/aromatic N) is 5. The lowest BCUT2D eigenvalue weighted by Crippen LogP contribution is -2.36. The van der Waals surface area contributed by atoms with E-state index in [9.17, 15) is 9.59 Å². The van der Waals surface area contributed by atoms with E-state index in [1.807, 2.05) is 31.2 Å². The highest BCUT2D eigenvalue weighted by molar-refractivity contribution is 6.01. The summed E-state index contributed by atoms with van der Waals surface area (Å²) in [5.74, 6) is 0.564. The molecule has 1 saturated heterocycles. The SMILES string of the molecule is COc1ccc(OC)c(N2CC(C(=O)N(C)C(C)c3ccc(-n4cncn4)cc3)CC2=O)c1. The third-order valence-electron chi connectivity index (χ3n) is 6.14. The molecule has 1 aliphatic heterocycles. The van der Waals surface area contributed by atoms with Gasteiger partial charge in [0.15, 0.2) is 0 Å². The van der Waals surface area contributed by atoms with Crippen LogP contribution in [0, 0.1) is 5.92 Å². The Morgan fingerprint density at radius 1 is 1.15 bits per heavy atom. The summed E-state index contributed by atoms with van der Waals surface area (Å²) in [6.45, 7) is 2.27. The van der Waals surface area contributed by atoms with Gasteiger partial charge in [-0.2, -0.15) is 5.10 Å². The number of hydrogen-bond donors (Lipinski definition) is 0. The van der Waals surface area contributed by atoms with Crippen molar-refractivity contribution in [1.82, 2.24) is 19.7 Å². The average Bonchev–Trinajstić information content (AvgIpc) is 3.52. The van der Waals surface area contributed by atoms with Crippen LogP contribution in [0.5, 0.6) is 11.5 Å². The molecule has 2 atom stereocenters. The fourth-order valence-electron chi connectivity index (χ4n) is 4.06. The zero-order valence-corrected chi connectivity index (χ0v) is 19.1. The molecule has 2 amide bonds. The number of aromatic nitrogens is 3. The minimum absolute atomic E-state index is 0.0689. The maximum absolute atomic E-state index is 13.3. The van der Waals surface area contributed by atoms with Crippen LogP contribution in [0.2, 0.25) is 0 Å². The van der Waals surface area contributed by atoms with Crippen LogP contribution in [0.1, 0.15) is 24.9 Å². The van der Waals surface area contributed by atoms with Crippen LogP contribution in [-0.4, -0.2) is 59.3 Å². The molecular formula is C24H27N5O4. The van der Waals surface area contributed by atoms with Crippen molar-refractivity contribution in [3.05, 3.63) is 60.7 Å². The van der Waals surface area contributed by atoms with E-state index in [-0.39, 0.29) is 24.3 Å². The molecule has 0 N–H and O–H groups in total. The van der Waals surface area contributed by atoms with Crippen molar-refractivity contribution in [3.63, 3.8) is 0 Å². The van der Waals surface area contributed by atoms with Crippen LogP contribution in [0.4, 0.5) is 5.69 Å². The molecule has 0 aliphatic carbocycles. The van der Waals surface area contributed by atoms with Crippen LogP contribution >= 0.6 is 0 Å². The molecule has 0 radical (unpaired) electrons. The highest BCUT2D eigenvalue weighted by Gasteiger charge is 2.38. The van der Waals surface area contributed by atoms with E-state index >= 15 is 0 Å². The number of rotatable bonds is 7. The molecule has 2 heterocycles. The molecule has 0 saturated carbocycles. The molecule has 1 aliphatic rings. The van der Waals surface area contributed by atoms with Crippen molar-refractivity contribution < 1.29 is 19.1 Å². The summed E-state index contributed by atoms with van der Waals surface area (Å²) >= 11 is 0. The first-order valence-electron chi connectivity index (χ1n) is 10.7. The quantitative estimate of drug-likeness (QED) is 0.551. The first-order valence-corrected chi connectivity index (χ1v) is 10.7. The van der Waals surface area contributed by atoms with E-state index in [4.69, 9.17) is 9.47 Å². The first-order chi connectivity index (χ1) is 15.9. The molecule has 172 valence electrons. The van der Waals surface area contributed by atoms with Crippen molar-refractivity contribution in [2.45, 2.75) is 19.4 Å². The number of amides is 2. The number of anilines is 1. The standard InChI is InChI=1S/C24H27N5O4/c1-16(17-5-7-19(8-6-17)29-15-25-14-26-29)27(2)24(31)18-11-23(30)28(13-18)21-12-20(32-3)9-10-22(21)33-4/h5-10,12,14-16,18H,11,13H2,1-4H3. The van der Waals surface area contributed by atoms with Crippen molar-refractivity contribution in [2.24, 2.45) is 5.92 Å². The largest absolute Gasteiger partial charge is 0.497 e. The zero-order chi connectivity index (χ0) is 23.5. The predicted molar refractivity (Wildman–Crippen MR) is 123 cm³/mol. The topological polar surface area (TPSA) is 89.8 Å². The van der Waals surface area contributed by atoms with Gasteiger partial charge in [-0.05, 0) is 36.8 Å². The van der Waals surface area contributed by atoms with Gasteiger partial charge in [-0.15, -0.1) is 0 Å². The second-order valence-electron chi connectivity index (χ2n) is 8.00. The van der Waals surface area contributed by atoms with Crippen LogP contribution < -0.4 is 14.4 Å². The van der Waals surface area contributed by atoms with Gasteiger partial charge in [-0.3, -0.25) is 9.59 Å². The van der Waals surface area contributed by atoms with Crippen LogP contribution in [0.25, 0.3) is 5.69 Å². The molecule has 0 spiro atoms. The lowest BCUT2D eigenvalue weighted by atomic mass is 10.0. The third-order valence-corrected chi connectivity index (χ3v) is 6.14. The number of methoxy groups -OCH3 is 2. The summed E-state index contributed by atoms with van der Waals surface area (Å²) < 4.78 is 12.4. The third kappa shape index (κ3) is 4.39. The molecule has 2 unspecified atom stereocenters. The van der Waals surface area contributed by atoms with Gasteiger partial charge < -0.3 is 19.3 Å². The Morgan fingerprint density at radius 3 is 2.55 bits per heavy atom. The normalized spacial score (nSPS) is 16.5. The Hall–Kier alpha value is -3.88. The van der Waals surface area contributed by atoms with Gasteiger partial charge in [0.05, 0.1) is 37.6 Å². The molecule has 3 aromatic rings. The highest BCUT2D eigenvalue weighted by atomic mass is 16.5. The van der Waals surface area contributed by atoms with E-state index in [1.54, 1.807) is 60.3 Å². The van der Waals surface area contributed by atoms with Crippen LogP contribution in [-0.2, 0) is 9.59 Å². The Bertz CT molecular complexity index is 1130. The van der Waals surface area contributed by atoms with Crippen molar-refractivity contribution in [2.75, 3.05) is 32.7 Å². The second-order valence-corrected chi connectivity index (χ2v) is 8.00. The van der Waals surface area contributed by atoms with Crippen molar-refractivity contribution in [1.29, 1.82) is 0 Å². The molecule has 9 nitrogen and oxygen atoms in total. The molecule has 2 aromatic carbocycles. The first kappa shape index (κ1) is 22.3. The van der Waals surface area contributed by atoms with E-state index in [0.717, 1.165) is 11.3 Å². The smallest absolute Gasteiger partial charge is 0.228 e. The molecule has 4 rings (SSSR count). The predicted octanol–water partition coefficient (Wildman–Crippen LogP) is 2.86. The summed E-state index contributed by atoms with van der Waals surface area (Å²) in [4.78, 5) is 33.4. The molecule has 1 fully saturated rings. The lowest BCUT2D eigenvalue weighted by Gasteiger charge is -2.28. The minimum Gasteiger partial charge on any atom is -0.497 e. The Labute approximate surface area is 192 Å². The number of carbonyl (C=O) groups is 2. The number of benzene rings is 2. The van der Waals surface area contributed by atoms with Crippen molar-refractivity contribution >= 4 is 17.5 Å². The van der Waals surface area contributed by atoms with E-state index in [0.29, 0.717) is 23.7 Å². The number of hydrogen-bond acceptors (Lipinski definition) is 6.